The van der Waals surface area contributed by atoms with Crippen LogP contribution in [-0.2, 0) is 9.53 Å². The summed E-state index contributed by atoms with van der Waals surface area (Å²) >= 11 is 0. The van der Waals surface area contributed by atoms with Gasteiger partial charge in [-0.2, -0.15) is 0 Å². The summed E-state index contributed by atoms with van der Waals surface area (Å²) in [6.45, 7) is 16.6. The molecule has 2 heterocycles. The molecule has 0 aliphatic carbocycles. The number of hydrogen-bond donors (Lipinski definition) is 1. The number of nitrogens with one attached hydrogen (secondary N) is 1. The highest BCUT2D eigenvalue weighted by Gasteiger charge is 2.26. The predicted octanol–water partition coefficient (Wildman–Crippen LogP) is 0.845. The van der Waals surface area contributed by atoms with Crippen LogP contribution in [0.3, 0.4) is 0 Å². The maximum absolute atomic E-state index is 11.4. The molecule has 0 aromatic carbocycles. The molecule has 8 heteroatoms. The third kappa shape index (κ3) is 7.26. The third-order valence-corrected chi connectivity index (χ3v) is 4.54. The largest absolute Gasteiger partial charge is 0.373 e. The molecule has 0 aromatic rings. The molecule has 2 aliphatic heterocycles. The number of piperazine rings is 1. The molecular weight excluding hydrogens is 433 g/mol. The van der Waals surface area contributed by atoms with Crippen LogP contribution < -0.4 is 5.32 Å². The number of carbonyl (C=O) groups is 1. The van der Waals surface area contributed by atoms with Crippen LogP contribution in [0.25, 0.3) is 0 Å². The highest BCUT2D eigenvalue weighted by atomic mass is 127. The van der Waals surface area contributed by atoms with Crippen LogP contribution in [-0.4, -0.2) is 97.7 Å². The molecule has 1 amide bonds. The molecular formula is C17H34IN5O2. The molecule has 0 aromatic heterocycles. The highest BCUT2D eigenvalue weighted by molar-refractivity contribution is 14.0. The van der Waals surface area contributed by atoms with E-state index in [1.165, 1.54) is 0 Å². The van der Waals surface area contributed by atoms with Gasteiger partial charge in [0.05, 0.1) is 18.8 Å². The standard InChI is InChI=1S/C17H33N5O2.HI/c1-5-18-16(22-10-8-21(9-11-22)15(2)23)19-6-7-20-12-13-24-17(3,4)14-20;/h5-14H2,1-4H3,(H,18,19);1H. The van der Waals surface area contributed by atoms with E-state index in [-0.39, 0.29) is 35.5 Å². The van der Waals surface area contributed by atoms with Crippen LogP contribution in [0.1, 0.15) is 27.7 Å². The monoisotopic (exact) mass is 467 g/mol. The maximum atomic E-state index is 11.4. The molecule has 146 valence electrons. The second-order valence-corrected chi connectivity index (χ2v) is 7.11. The van der Waals surface area contributed by atoms with Gasteiger partial charge in [-0.1, -0.05) is 0 Å². The topological polar surface area (TPSA) is 60.4 Å². The fraction of sp³-hybridized carbons (Fsp3) is 0.882. The first kappa shape index (κ1) is 22.4. The van der Waals surface area contributed by atoms with Crippen LogP contribution in [0.4, 0.5) is 0 Å². The number of nitrogens with zero attached hydrogens (tertiary/aromatic N) is 4. The molecule has 25 heavy (non-hydrogen) atoms. The van der Waals surface area contributed by atoms with Gasteiger partial charge in [0.15, 0.2) is 5.96 Å². The smallest absolute Gasteiger partial charge is 0.219 e. The minimum atomic E-state index is -0.0600. The Morgan fingerprint density at radius 3 is 2.36 bits per heavy atom. The molecule has 7 nitrogen and oxygen atoms in total. The van der Waals surface area contributed by atoms with Crippen LogP contribution in [0.15, 0.2) is 4.99 Å². The number of morpholine rings is 1. The molecule has 0 bridgehead atoms. The van der Waals surface area contributed by atoms with Gasteiger partial charge in [-0.25, -0.2) is 0 Å². The average Bonchev–Trinajstić information content (AvgIpc) is 2.53. The van der Waals surface area contributed by atoms with Gasteiger partial charge < -0.3 is 19.9 Å². The average molecular weight is 467 g/mol. The Labute approximate surface area is 169 Å². The third-order valence-electron chi connectivity index (χ3n) is 4.54. The SMILES string of the molecule is CCNC(=NCCN1CCOC(C)(C)C1)N1CCN(C(C)=O)CC1.I. The van der Waals surface area contributed by atoms with Gasteiger partial charge in [0.2, 0.25) is 5.91 Å². The van der Waals surface area contributed by atoms with E-state index in [1.54, 1.807) is 6.92 Å². The van der Waals surface area contributed by atoms with Crippen molar-refractivity contribution in [1.82, 2.24) is 20.0 Å². The normalized spacial score (nSPS) is 21.7. The van der Waals surface area contributed by atoms with Gasteiger partial charge in [-0.3, -0.25) is 14.7 Å². The van der Waals surface area contributed by atoms with E-state index in [0.29, 0.717) is 0 Å². The molecule has 0 spiro atoms. The van der Waals surface area contributed by atoms with Crippen molar-refractivity contribution >= 4 is 35.8 Å². The Bertz CT molecular complexity index is 450. The minimum absolute atomic E-state index is 0. The lowest BCUT2D eigenvalue weighted by Gasteiger charge is -2.38. The number of carbonyl (C=O) groups excluding carboxylic acids is 1. The Morgan fingerprint density at radius 2 is 1.80 bits per heavy atom. The summed E-state index contributed by atoms with van der Waals surface area (Å²) < 4.78 is 5.76. The first-order valence-corrected chi connectivity index (χ1v) is 9.06. The summed E-state index contributed by atoms with van der Waals surface area (Å²) in [6, 6.07) is 0. The Balaban J connectivity index is 0.00000312. The molecule has 2 fully saturated rings. The number of guanidine groups is 1. The van der Waals surface area contributed by atoms with Crippen molar-refractivity contribution in [2.75, 3.05) is 65.5 Å². The molecule has 0 unspecified atom stereocenters. The van der Waals surface area contributed by atoms with E-state index in [2.05, 4.69) is 35.9 Å². The number of rotatable bonds is 4. The zero-order chi connectivity index (χ0) is 17.6. The summed E-state index contributed by atoms with van der Waals surface area (Å²) in [5, 5.41) is 3.38. The lowest BCUT2D eigenvalue weighted by molar-refractivity contribution is -0.130. The Kier molecular flexibility index (Phi) is 9.44. The molecule has 0 radical (unpaired) electrons. The van der Waals surface area contributed by atoms with Gasteiger partial charge in [-0.15, -0.1) is 24.0 Å². The quantitative estimate of drug-likeness (QED) is 0.378. The molecule has 0 saturated carbocycles. The van der Waals surface area contributed by atoms with Crippen LogP contribution >= 0.6 is 24.0 Å². The van der Waals surface area contributed by atoms with Crippen molar-refractivity contribution < 1.29 is 9.53 Å². The Hall–Kier alpha value is -0.610. The highest BCUT2D eigenvalue weighted by Crippen LogP contribution is 2.15. The zero-order valence-electron chi connectivity index (χ0n) is 16.1. The van der Waals surface area contributed by atoms with Crippen molar-refractivity contribution in [1.29, 1.82) is 0 Å². The van der Waals surface area contributed by atoms with E-state index in [0.717, 1.165) is 71.5 Å². The minimum Gasteiger partial charge on any atom is -0.373 e. The fourth-order valence-corrected chi connectivity index (χ4v) is 3.26. The Morgan fingerprint density at radius 1 is 1.16 bits per heavy atom. The second-order valence-electron chi connectivity index (χ2n) is 7.11. The molecule has 2 saturated heterocycles. The van der Waals surface area contributed by atoms with Gasteiger partial charge >= 0.3 is 0 Å². The van der Waals surface area contributed by atoms with Gasteiger partial charge in [0.1, 0.15) is 0 Å². The summed E-state index contributed by atoms with van der Waals surface area (Å²) in [6.07, 6.45) is 0. The lowest BCUT2D eigenvalue weighted by Crippen LogP contribution is -2.53. The number of ether oxygens (including phenoxy) is 1. The van der Waals surface area contributed by atoms with Crippen LogP contribution in [0.2, 0.25) is 0 Å². The predicted molar refractivity (Wildman–Crippen MR) is 112 cm³/mol. The van der Waals surface area contributed by atoms with E-state index in [4.69, 9.17) is 9.73 Å². The fourth-order valence-electron chi connectivity index (χ4n) is 3.26. The second kappa shape index (κ2) is 10.5. The number of aliphatic imine (C=N–C) groups is 1. The van der Waals surface area contributed by atoms with Gasteiger partial charge in [0, 0.05) is 59.3 Å². The summed E-state index contributed by atoms with van der Waals surface area (Å²) in [7, 11) is 0. The van der Waals surface area contributed by atoms with Gasteiger partial charge in [-0.05, 0) is 20.8 Å². The molecule has 2 rings (SSSR count). The van der Waals surface area contributed by atoms with E-state index in [9.17, 15) is 4.79 Å². The number of amides is 1. The van der Waals surface area contributed by atoms with E-state index >= 15 is 0 Å². The van der Waals surface area contributed by atoms with Crippen LogP contribution in [0.5, 0.6) is 0 Å². The van der Waals surface area contributed by atoms with Gasteiger partial charge in [0.25, 0.3) is 0 Å². The number of hydrogen-bond acceptors (Lipinski definition) is 4. The first-order chi connectivity index (χ1) is 11.4. The van der Waals surface area contributed by atoms with Crippen molar-refractivity contribution in [3.8, 4) is 0 Å². The first-order valence-electron chi connectivity index (χ1n) is 9.06. The number of halogens is 1. The van der Waals surface area contributed by atoms with Crippen molar-refractivity contribution in [3.05, 3.63) is 0 Å². The maximum Gasteiger partial charge on any atom is 0.219 e. The van der Waals surface area contributed by atoms with Crippen LogP contribution in [0, 0.1) is 0 Å². The summed E-state index contributed by atoms with van der Waals surface area (Å²) in [5.41, 5.74) is -0.0600. The van der Waals surface area contributed by atoms with Crippen molar-refractivity contribution in [2.24, 2.45) is 4.99 Å². The lowest BCUT2D eigenvalue weighted by atomic mass is 10.1. The van der Waals surface area contributed by atoms with Crippen molar-refractivity contribution in [3.63, 3.8) is 0 Å². The molecule has 0 atom stereocenters. The molecule has 1 N–H and O–H groups in total. The summed E-state index contributed by atoms with van der Waals surface area (Å²) in [5.74, 6) is 1.12. The summed E-state index contributed by atoms with van der Waals surface area (Å²) in [4.78, 5) is 22.8. The van der Waals surface area contributed by atoms with Crippen molar-refractivity contribution in [2.45, 2.75) is 33.3 Å². The molecule has 2 aliphatic rings. The zero-order valence-corrected chi connectivity index (χ0v) is 18.4. The van der Waals surface area contributed by atoms with E-state index in [1.807, 2.05) is 4.90 Å². The van der Waals surface area contributed by atoms with E-state index < -0.39 is 0 Å².